The van der Waals surface area contributed by atoms with Gasteiger partial charge in [0.05, 0.1) is 0 Å². The summed E-state index contributed by atoms with van der Waals surface area (Å²) in [5.41, 5.74) is 0. The number of carbonyl (C=O) groups excluding carboxylic acids is 1. The van der Waals surface area contributed by atoms with Crippen molar-refractivity contribution >= 4 is 5.97 Å². The fraction of sp³-hybridized carbons (Fsp3) is 0.875. The molecule has 0 bridgehead atoms. The second kappa shape index (κ2) is 5.97. The van der Waals surface area contributed by atoms with Crippen LogP contribution in [0.1, 0.15) is 27.7 Å². The third kappa shape index (κ3) is 6.12. The summed E-state index contributed by atoms with van der Waals surface area (Å²) in [6.45, 7) is 7.19. The van der Waals surface area contributed by atoms with E-state index >= 15 is 0 Å². The molecule has 4 nitrogen and oxygen atoms in total. The van der Waals surface area contributed by atoms with Crippen LogP contribution in [0, 0.1) is 0 Å². The van der Waals surface area contributed by atoms with Crippen molar-refractivity contribution in [2.75, 3.05) is 6.61 Å². The van der Waals surface area contributed by atoms with Crippen molar-refractivity contribution in [1.82, 2.24) is 0 Å². The topological polar surface area (TPSA) is 44.8 Å². The lowest BCUT2D eigenvalue weighted by Crippen LogP contribution is -2.23. The highest BCUT2D eigenvalue weighted by molar-refractivity contribution is 5.65. The van der Waals surface area contributed by atoms with E-state index in [1.54, 1.807) is 13.8 Å². The van der Waals surface area contributed by atoms with Gasteiger partial charge in [0.1, 0.15) is 0 Å². The number of ether oxygens (including phenoxy) is 3. The maximum absolute atomic E-state index is 10.5. The van der Waals surface area contributed by atoms with Gasteiger partial charge in [0.25, 0.3) is 0 Å². The van der Waals surface area contributed by atoms with Crippen LogP contribution in [0.25, 0.3) is 0 Å². The van der Waals surface area contributed by atoms with E-state index in [2.05, 4.69) is 0 Å². The molecular weight excluding hydrogens is 160 g/mol. The first-order valence-electron chi connectivity index (χ1n) is 4.00. The Kier molecular flexibility index (Phi) is 5.66. The number of esters is 1. The molecule has 0 aliphatic carbocycles. The molecule has 0 amide bonds. The summed E-state index contributed by atoms with van der Waals surface area (Å²) < 4.78 is 14.9. The summed E-state index contributed by atoms with van der Waals surface area (Å²) in [6, 6.07) is 0. The smallest absolute Gasteiger partial charge is 0.304 e. The van der Waals surface area contributed by atoms with Gasteiger partial charge in [-0.25, -0.2) is 0 Å². The maximum Gasteiger partial charge on any atom is 0.304 e. The predicted octanol–water partition coefficient (Wildman–Crippen LogP) is 1.29. The zero-order valence-electron chi connectivity index (χ0n) is 7.99. The van der Waals surface area contributed by atoms with Crippen LogP contribution in [0.3, 0.4) is 0 Å². The number of carbonyl (C=O) groups is 1. The molecule has 0 aliphatic heterocycles. The lowest BCUT2D eigenvalue weighted by atomic mass is 10.6. The molecule has 0 rings (SSSR count). The summed E-state index contributed by atoms with van der Waals surface area (Å²) in [5.74, 6) is -0.355. The van der Waals surface area contributed by atoms with Gasteiger partial charge in [-0.15, -0.1) is 0 Å². The highest BCUT2D eigenvalue weighted by atomic mass is 16.8. The molecule has 12 heavy (non-hydrogen) atoms. The van der Waals surface area contributed by atoms with Crippen molar-refractivity contribution in [1.29, 1.82) is 0 Å². The Labute approximate surface area is 72.8 Å². The summed E-state index contributed by atoms with van der Waals surface area (Å²) in [4.78, 5) is 10.5. The van der Waals surface area contributed by atoms with Crippen LogP contribution in [0.2, 0.25) is 0 Å². The molecule has 0 fully saturated rings. The van der Waals surface area contributed by atoms with Crippen molar-refractivity contribution in [3.63, 3.8) is 0 Å². The molecule has 72 valence electrons. The van der Waals surface area contributed by atoms with Crippen LogP contribution in [0.4, 0.5) is 0 Å². The molecule has 0 aromatic heterocycles. The van der Waals surface area contributed by atoms with Crippen molar-refractivity contribution in [3.8, 4) is 0 Å². The van der Waals surface area contributed by atoms with Crippen molar-refractivity contribution < 1.29 is 19.0 Å². The minimum absolute atomic E-state index is 0.343. The fourth-order valence-corrected chi connectivity index (χ4v) is 0.805. The van der Waals surface area contributed by atoms with E-state index in [1.165, 1.54) is 6.92 Å². The van der Waals surface area contributed by atoms with Gasteiger partial charge < -0.3 is 14.2 Å². The van der Waals surface area contributed by atoms with Gasteiger partial charge in [-0.1, -0.05) is 0 Å². The van der Waals surface area contributed by atoms with E-state index in [0.29, 0.717) is 6.61 Å². The molecule has 0 radical (unpaired) electrons. The highest BCUT2D eigenvalue weighted by Gasteiger charge is 2.09. The Hall–Kier alpha value is -0.610. The van der Waals surface area contributed by atoms with Crippen LogP contribution < -0.4 is 0 Å². The Morgan fingerprint density at radius 2 is 1.92 bits per heavy atom. The second-order valence-electron chi connectivity index (χ2n) is 2.34. The quantitative estimate of drug-likeness (QED) is 0.467. The molecular formula is C8H16O4. The Balaban J connectivity index is 3.53. The summed E-state index contributed by atoms with van der Waals surface area (Å²) in [7, 11) is 0. The van der Waals surface area contributed by atoms with E-state index in [4.69, 9.17) is 14.2 Å². The summed E-state index contributed by atoms with van der Waals surface area (Å²) in [6.07, 6.45) is -0.895. The van der Waals surface area contributed by atoms with E-state index in [9.17, 15) is 4.79 Å². The Morgan fingerprint density at radius 3 is 2.33 bits per heavy atom. The van der Waals surface area contributed by atoms with Gasteiger partial charge in [0.2, 0.25) is 6.29 Å². The minimum atomic E-state index is -0.552. The van der Waals surface area contributed by atoms with Crippen LogP contribution >= 0.6 is 0 Å². The van der Waals surface area contributed by atoms with Crippen molar-refractivity contribution in [3.05, 3.63) is 0 Å². The Bertz CT molecular complexity index is 135. The summed E-state index contributed by atoms with van der Waals surface area (Å²) >= 11 is 0. The van der Waals surface area contributed by atoms with E-state index in [0.717, 1.165) is 0 Å². The van der Waals surface area contributed by atoms with Gasteiger partial charge in [0.15, 0.2) is 6.29 Å². The third-order valence-electron chi connectivity index (χ3n) is 1.12. The van der Waals surface area contributed by atoms with Gasteiger partial charge in [-0.3, -0.25) is 4.79 Å². The minimum Gasteiger partial charge on any atom is -0.436 e. The van der Waals surface area contributed by atoms with Crippen LogP contribution in [-0.2, 0) is 19.0 Å². The summed E-state index contributed by atoms with van der Waals surface area (Å²) in [5, 5.41) is 0. The third-order valence-corrected chi connectivity index (χ3v) is 1.12. The lowest BCUT2D eigenvalue weighted by molar-refractivity contribution is -0.226. The fourth-order valence-electron chi connectivity index (χ4n) is 0.805. The van der Waals surface area contributed by atoms with Gasteiger partial charge in [-0.05, 0) is 20.8 Å². The molecule has 0 aromatic rings. The SMILES string of the molecule is CCOC(C)OC(C)OC(C)=O. The van der Waals surface area contributed by atoms with E-state index in [-0.39, 0.29) is 12.3 Å². The Morgan fingerprint density at radius 1 is 1.33 bits per heavy atom. The van der Waals surface area contributed by atoms with E-state index in [1.807, 2.05) is 6.92 Å². The zero-order valence-corrected chi connectivity index (χ0v) is 7.99. The molecule has 0 saturated heterocycles. The number of hydrogen-bond donors (Lipinski definition) is 0. The van der Waals surface area contributed by atoms with E-state index < -0.39 is 6.29 Å². The average Bonchev–Trinajstić information content (AvgIpc) is 1.84. The molecule has 0 N–H and O–H groups in total. The second-order valence-corrected chi connectivity index (χ2v) is 2.34. The molecule has 0 heterocycles. The number of hydrogen-bond acceptors (Lipinski definition) is 4. The molecule has 0 aromatic carbocycles. The first-order chi connectivity index (χ1) is 5.56. The normalized spacial score (nSPS) is 15.3. The predicted molar refractivity (Wildman–Crippen MR) is 43.4 cm³/mol. The first kappa shape index (κ1) is 11.4. The van der Waals surface area contributed by atoms with Crippen LogP contribution in [0.15, 0.2) is 0 Å². The van der Waals surface area contributed by atoms with Gasteiger partial charge >= 0.3 is 5.97 Å². The monoisotopic (exact) mass is 176 g/mol. The van der Waals surface area contributed by atoms with Crippen molar-refractivity contribution in [2.24, 2.45) is 0 Å². The number of rotatable bonds is 5. The highest BCUT2D eigenvalue weighted by Crippen LogP contribution is 2.01. The molecule has 0 spiro atoms. The largest absolute Gasteiger partial charge is 0.436 e. The van der Waals surface area contributed by atoms with Crippen LogP contribution in [0.5, 0.6) is 0 Å². The molecule has 2 atom stereocenters. The standard InChI is InChI=1S/C8H16O4/c1-5-10-7(3)12-8(4)11-6(2)9/h7-8H,5H2,1-4H3. The zero-order chi connectivity index (χ0) is 9.56. The van der Waals surface area contributed by atoms with Crippen molar-refractivity contribution in [2.45, 2.75) is 40.3 Å². The first-order valence-corrected chi connectivity index (χ1v) is 4.00. The average molecular weight is 176 g/mol. The molecule has 0 aliphatic rings. The molecule has 4 heteroatoms. The molecule has 2 unspecified atom stereocenters. The maximum atomic E-state index is 10.5. The van der Waals surface area contributed by atoms with Gasteiger partial charge in [0, 0.05) is 13.5 Å². The van der Waals surface area contributed by atoms with Gasteiger partial charge in [-0.2, -0.15) is 0 Å². The lowest BCUT2D eigenvalue weighted by Gasteiger charge is -2.18. The van der Waals surface area contributed by atoms with Crippen LogP contribution in [-0.4, -0.2) is 25.2 Å². The molecule has 0 saturated carbocycles.